The van der Waals surface area contributed by atoms with Crippen LogP contribution >= 0.6 is 0 Å². The third-order valence-electron chi connectivity index (χ3n) is 6.88. The molecule has 9 heteroatoms. The molecule has 0 spiro atoms. The van der Waals surface area contributed by atoms with Crippen LogP contribution in [0.15, 0.2) is 12.2 Å². The molecule has 5 N–H and O–H groups in total. The molecule has 2 heterocycles. The van der Waals surface area contributed by atoms with E-state index in [1.807, 2.05) is 0 Å². The number of nitrogens with one attached hydrogen (secondary N) is 4. The fourth-order valence-corrected chi connectivity index (χ4v) is 4.32. The lowest BCUT2D eigenvalue weighted by Gasteiger charge is -2.44. The van der Waals surface area contributed by atoms with Gasteiger partial charge in [0, 0.05) is 18.0 Å². The van der Waals surface area contributed by atoms with Gasteiger partial charge in [0.2, 0.25) is 17.7 Å². The summed E-state index contributed by atoms with van der Waals surface area (Å²) in [5.41, 5.74) is -1.20. The van der Waals surface area contributed by atoms with E-state index in [1.165, 1.54) is 12.8 Å². The summed E-state index contributed by atoms with van der Waals surface area (Å²) in [5, 5.41) is 22.2. The molecule has 3 rings (SSSR count). The van der Waals surface area contributed by atoms with Gasteiger partial charge in [0.15, 0.2) is 0 Å². The minimum Gasteiger partial charge on any atom is -0.390 e. The maximum Gasteiger partial charge on any atom is 0.250 e. The molecule has 0 aromatic heterocycles. The first-order valence-electron chi connectivity index (χ1n) is 11.3. The summed E-state index contributed by atoms with van der Waals surface area (Å²) in [7, 11) is 0. The Kier molecular flexibility index (Phi) is 7.85. The molecular formula is C22H36N4O5. The second kappa shape index (κ2) is 10.2. The van der Waals surface area contributed by atoms with Gasteiger partial charge in [-0.1, -0.05) is 6.58 Å². The molecule has 0 radical (unpaired) electrons. The molecule has 3 fully saturated rings. The van der Waals surface area contributed by atoms with Crippen LogP contribution in [-0.2, 0) is 19.1 Å². The molecule has 3 amide bonds. The second-order valence-corrected chi connectivity index (χ2v) is 9.25. The number of carbonyl (C=O) groups excluding carboxylic acids is 3. The van der Waals surface area contributed by atoms with E-state index in [-0.39, 0.29) is 30.4 Å². The Labute approximate surface area is 183 Å². The lowest BCUT2D eigenvalue weighted by molar-refractivity contribution is -0.153. The van der Waals surface area contributed by atoms with Gasteiger partial charge >= 0.3 is 0 Å². The maximum atomic E-state index is 12.7. The molecular weight excluding hydrogens is 400 g/mol. The Morgan fingerprint density at radius 2 is 1.97 bits per heavy atom. The van der Waals surface area contributed by atoms with E-state index in [2.05, 4.69) is 27.8 Å². The van der Waals surface area contributed by atoms with Crippen molar-refractivity contribution in [1.29, 1.82) is 0 Å². The molecule has 174 valence electrons. The molecule has 9 nitrogen and oxygen atoms in total. The van der Waals surface area contributed by atoms with Gasteiger partial charge in [-0.15, -0.1) is 0 Å². The number of amides is 3. The molecule has 3 aliphatic rings. The van der Waals surface area contributed by atoms with Gasteiger partial charge in [-0.3, -0.25) is 19.7 Å². The number of aliphatic hydroxyl groups excluding tert-OH is 1. The SMILES string of the molecule is C=C(C(=O)NC1CCC(=O)NC1=O)C(C)(OC1CC(NCC2CCNCC2)C1)C(C)O. The highest BCUT2D eigenvalue weighted by Gasteiger charge is 2.44. The predicted octanol–water partition coefficient (Wildman–Crippen LogP) is -0.260. The highest BCUT2D eigenvalue weighted by atomic mass is 16.5. The molecule has 2 saturated heterocycles. The fraction of sp³-hybridized carbons (Fsp3) is 0.773. The van der Waals surface area contributed by atoms with Crippen molar-refractivity contribution >= 4 is 17.7 Å². The zero-order chi connectivity index (χ0) is 22.6. The zero-order valence-electron chi connectivity index (χ0n) is 18.5. The fourth-order valence-electron chi connectivity index (χ4n) is 4.32. The van der Waals surface area contributed by atoms with Gasteiger partial charge in [-0.05, 0) is 71.5 Å². The average molecular weight is 437 g/mol. The van der Waals surface area contributed by atoms with Crippen molar-refractivity contribution in [3.8, 4) is 0 Å². The second-order valence-electron chi connectivity index (χ2n) is 9.25. The predicted molar refractivity (Wildman–Crippen MR) is 115 cm³/mol. The van der Waals surface area contributed by atoms with E-state index in [9.17, 15) is 19.5 Å². The van der Waals surface area contributed by atoms with Crippen LogP contribution in [0.4, 0.5) is 0 Å². The van der Waals surface area contributed by atoms with Gasteiger partial charge in [0.25, 0.3) is 0 Å². The first-order chi connectivity index (χ1) is 14.7. The highest BCUT2D eigenvalue weighted by molar-refractivity contribution is 6.03. The molecule has 1 saturated carbocycles. The van der Waals surface area contributed by atoms with Gasteiger partial charge in [0.1, 0.15) is 11.6 Å². The van der Waals surface area contributed by atoms with Crippen LogP contribution in [-0.4, -0.2) is 72.4 Å². The van der Waals surface area contributed by atoms with E-state index in [4.69, 9.17) is 4.74 Å². The van der Waals surface area contributed by atoms with Gasteiger partial charge in [0.05, 0.1) is 12.2 Å². The van der Waals surface area contributed by atoms with Crippen molar-refractivity contribution in [3.05, 3.63) is 12.2 Å². The van der Waals surface area contributed by atoms with Crippen LogP contribution in [0, 0.1) is 5.92 Å². The van der Waals surface area contributed by atoms with Crippen LogP contribution in [0.3, 0.4) is 0 Å². The van der Waals surface area contributed by atoms with Gasteiger partial charge in [-0.2, -0.15) is 0 Å². The number of aliphatic hydroxyl groups is 1. The topological polar surface area (TPSA) is 129 Å². The third kappa shape index (κ3) is 5.91. The maximum absolute atomic E-state index is 12.7. The highest BCUT2D eigenvalue weighted by Crippen LogP contribution is 2.34. The normalized spacial score (nSPS) is 30.0. The molecule has 1 aliphatic carbocycles. The zero-order valence-corrected chi connectivity index (χ0v) is 18.5. The van der Waals surface area contributed by atoms with Crippen molar-refractivity contribution in [1.82, 2.24) is 21.3 Å². The Balaban J connectivity index is 1.48. The number of rotatable bonds is 9. The van der Waals surface area contributed by atoms with Crippen molar-refractivity contribution in [3.63, 3.8) is 0 Å². The Bertz CT molecular complexity index is 700. The number of piperidine rings is 2. The van der Waals surface area contributed by atoms with E-state index < -0.39 is 29.6 Å². The summed E-state index contributed by atoms with van der Waals surface area (Å²) in [4.78, 5) is 35.9. The summed E-state index contributed by atoms with van der Waals surface area (Å²) >= 11 is 0. The third-order valence-corrected chi connectivity index (χ3v) is 6.88. The first kappa shape index (κ1) is 23.8. The molecule has 0 bridgehead atoms. The summed E-state index contributed by atoms with van der Waals surface area (Å²) < 4.78 is 6.16. The van der Waals surface area contributed by atoms with Crippen LogP contribution in [0.5, 0.6) is 0 Å². The minimum atomic E-state index is -1.27. The quantitative estimate of drug-likeness (QED) is 0.249. The van der Waals surface area contributed by atoms with Gasteiger partial charge < -0.3 is 25.8 Å². The average Bonchev–Trinajstić information content (AvgIpc) is 2.71. The van der Waals surface area contributed by atoms with E-state index in [1.54, 1.807) is 13.8 Å². The number of ether oxygens (including phenoxy) is 1. The van der Waals surface area contributed by atoms with E-state index in [0.717, 1.165) is 32.5 Å². The largest absolute Gasteiger partial charge is 0.390 e. The molecule has 31 heavy (non-hydrogen) atoms. The Hall–Kier alpha value is -1.81. The standard InChI is InChI=1S/C22H36N4O5/c1-13(20(29)25-18-4-5-19(28)26-21(18)30)22(3,14(2)27)31-17-10-16(11-17)24-12-15-6-8-23-9-7-15/h14-18,23-24,27H,1,4-12H2,2-3H3,(H,25,29)(H,26,28,30). The lowest BCUT2D eigenvalue weighted by Crippen LogP contribution is -2.57. The Morgan fingerprint density at radius 1 is 1.29 bits per heavy atom. The van der Waals surface area contributed by atoms with Crippen LogP contribution in [0.2, 0.25) is 0 Å². The van der Waals surface area contributed by atoms with E-state index >= 15 is 0 Å². The number of carbonyl (C=O) groups is 3. The summed E-state index contributed by atoms with van der Waals surface area (Å²) in [5.74, 6) is -0.726. The van der Waals surface area contributed by atoms with Crippen LogP contribution in [0.1, 0.15) is 52.4 Å². The summed E-state index contributed by atoms with van der Waals surface area (Å²) in [6.07, 6.45) is 3.39. The number of hydrogen-bond acceptors (Lipinski definition) is 7. The first-order valence-corrected chi connectivity index (χ1v) is 11.3. The smallest absolute Gasteiger partial charge is 0.250 e. The molecule has 0 aromatic carbocycles. The molecule has 2 aliphatic heterocycles. The van der Waals surface area contributed by atoms with Crippen LogP contribution in [0.25, 0.3) is 0 Å². The number of hydrogen-bond donors (Lipinski definition) is 5. The number of imide groups is 1. The van der Waals surface area contributed by atoms with E-state index in [0.29, 0.717) is 12.0 Å². The van der Waals surface area contributed by atoms with Gasteiger partial charge in [-0.25, -0.2) is 0 Å². The monoisotopic (exact) mass is 436 g/mol. The molecule has 3 unspecified atom stereocenters. The van der Waals surface area contributed by atoms with Crippen molar-refractivity contribution in [2.75, 3.05) is 19.6 Å². The van der Waals surface area contributed by atoms with Crippen LogP contribution < -0.4 is 21.3 Å². The van der Waals surface area contributed by atoms with Crippen molar-refractivity contribution in [2.45, 2.75) is 82.3 Å². The summed E-state index contributed by atoms with van der Waals surface area (Å²) in [6.45, 7) is 10.3. The summed E-state index contributed by atoms with van der Waals surface area (Å²) in [6, 6.07) is -0.420. The minimum absolute atomic E-state index is 0.0679. The molecule has 3 atom stereocenters. The molecule has 0 aromatic rings. The van der Waals surface area contributed by atoms with Crippen molar-refractivity contribution < 1.29 is 24.2 Å². The van der Waals surface area contributed by atoms with Crippen molar-refractivity contribution in [2.24, 2.45) is 5.92 Å². The lowest BCUT2D eigenvalue weighted by atomic mass is 9.85. The Morgan fingerprint density at radius 3 is 2.58 bits per heavy atom.